The first-order valence-electron chi connectivity index (χ1n) is 8.83. The number of amides is 1. The van der Waals surface area contributed by atoms with Crippen LogP contribution in [0, 0.1) is 0 Å². The van der Waals surface area contributed by atoms with Gasteiger partial charge in [-0.25, -0.2) is 4.79 Å². The number of benzene rings is 1. The van der Waals surface area contributed by atoms with Gasteiger partial charge in [-0.05, 0) is 62.3 Å². The normalized spacial score (nSPS) is 25.5. The number of hydrogen-bond donors (Lipinski definition) is 0. The highest BCUT2D eigenvalue weighted by Gasteiger charge is 2.40. The fraction of sp³-hybridized carbons (Fsp3) is 0.550. The van der Waals surface area contributed by atoms with Crippen molar-refractivity contribution in [3.8, 4) is 0 Å². The Morgan fingerprint density at radius 3 is 2.62 bits per heavy atom. The predicted octanol–water partition coefficient (Wildman–Crippen LogP) is 3.58. The third kappa shape index (κ3) is 2.84. The molecule has 1 saturated heterocycles. The third-order valence-electron chi connectivity index (χ3n) is 5.04. The molecule has 0 N–H and O–H groups in total. The lowest BCUT2D eigenvalue weighted by atomic mass is 9.83. The number of aryl methyl sites for hydroxylation is 2. The SMILES string of the molecule is CC(C)(C)OC(=O)N1C2C=C(c3ccc4c(c3)CC4)CC1COC2. The molecule has 1 aromatic carbocycles. The second-order valence-corrected chi connectivity index (χ2v) is 8.03. The van der Waals surface area contributed by atoms with Gasteiger partial charge in [0.05, 0.1) is 25.3 Å². The summed E-state index contributed by atoms with van der Waals surface area (Å²) in [5.74, 6) is 0. The Morgan fingerprint density at radius 2 is 2.00 bits per heavy atom. The largest absolute Gasteiger partial charge is 0.444 e. The van der Waals surface area contributed by atoms with Crippen molar-refractivity contribution in [2.75, 3.05) is 13.2 Å². The van der Waals surface area contributed by atoms with E-state index in [9.17, 15) is 4.79 Å². The first kappa shape index (κ1) is 15.7. The van der Waals surface area contributed by atoms with E-state index in [4.69, 9.17) is 9.47 Å². The molecule has 4 nitrogen and oxygen atoms in total. The summed E-state index contributed by atoms with van der Waals surface area (Å²) in [4.78, 5) is 14.5. The van der Waals surface area contributed by atoms with Crippen LogP contribution in [0.15, 0.2) is 24.3 Å². The molecule has 24 heavy (non-hydrogen) atoms. The number of hydrogen-bond acceptors (Lipinski definition) is 3. The molecule has 3 aliphatic rings. The van der Waals surface area contributed by atoms with Crippen LogP contribution in [-0.4, -0.2) is 41.9 Å². The molecule has 1 amide bonds. The van der Waals surface area contributed by atoms with Crippen LogP contribution in [0.1, 0.15) is 43.9 Å². The molecular formula is C20H25NO3. The maximum Gasteiger partial charge on any atom is 0.411 e. The summed E-state index contributed by atoms with van der Waals surface area (Å²) in [5.41, 5.74) is 5.12. The number of rotatable bonds is 1. The van der Waals surface area contributed by atoms with Gasteiger partial charge in [0.2, 0.25) is 0 Å². The summed E-state index contributed by atoms with van der Waals surface area (Å²) in [6.45, 7) is 6.85. The Kier molecular flexibility index (Phi) is 3.68. The summed E-state index contributed by atoms with van der Waals surface area (Å²) in [5, 5.41) is 0. The van der Waals surface area contributed by atoms with Crippen molar-refractivity contribution < 1.29 is 14.3 Å². The number of carbonyl (C=O) groups excluding carboxylic acids is 1. The van der Waals surface area contributed by atoms with Gasteiger partial charge >= 0.3 is 6.09 Å². The third-order valence-corrected chi connectivity index (χ3v) is 5.04. The molecule has 0 saturated carbocycles. The Labute approximate surface area is 143 Å². The maximum absolute atomic E-state index is 12.6. The van der Waals surface area contributed by atoms with Crippen molar-refractivity contribution in [3.63, 3.8) is 0 Å². The molecule has 1 aliphatic carbocycles. The van der Waals surface area contributed by atoms with E-state index in [0.29, 0.717) is 13.2 Å². The minimum atomic E-state index is -0.474. The molecule has 0 radical (unpaired) electrons. The highest BCUT2D eigenvalue weighted by molar-refractivity contribution is 5.75. The Morgan fingerprint density at radius 1 is 1.21 bits per heavy atom. The van der Waals surface area contributed by atoms with Gasteiger partial charge in [0.25, 0.3) is 0 Å². The standard InChI is InChI=1S/C20H25NO3/c1-20(2,3)24-19(22)21-17-9-16(10-18(21)12-23-11-17)15-7-5-13-4-6-14(13)8-15/h5,7-9,17-18H,4,6,10-12H2,1-3H3. The summed E-state index contributed by atoms with van der Waals surface area (Å²) in [7, 11) is 0. The Balaban J connectivity index is 1.60. The van der Waals surface area contributed by atoms with Crippen LogP contribution >= 0.6 is 0 Å². The first-order valence-corrected chi connectivity index (χ1v) is 8.83. The average molecular weight is 327 g/mol. The highest BCUT2D eigenvalue weighted by Crippen LogP contribution is 2.35. The zero-order chi connectivity index (χ0) is 16.9. The van der Waals surface area contributed by atoms with Crippen LogP contribution in [0.2, 0.25) is 0 Å². The van der Waals surface area contributed by atoms with E-state index in [-0.39, 0.29) is 18.2 Å². The second kappa shape index (κ2) is 5.62. The molecule has 2 heterocycles. The molecular weight excluding hydrogens is 302 g/mol. The van der Waals surface area contributed by atoms with Gasteiger partial charge in [-0.3, -0.25) is 4.90 Å². The van der Waals surface area contributed by atoms with E-state index >= 15 is 0 Å². The van der Waals surface area contributed by atoms with Crippen LogP contribution < -0.4 is 0 Å². The number of ether oxygens (including phenoxy) is 2. The van der Waals surface area contributed by atoms with Crippen molar-refractivity contribution in [1.82, 2.24) is 4.90 Å². The summed E-state index contributed by atoms with van der Waals surface area (Å²) in [6, 6.07) is 6.83. The van der Waals surface area contributed by atoms with Gasteiger partial charge in [0.15, 0.2) is 0 Å². The van der Waals surface area contributed by atoms with Crippen molar-refractivity contribution in [1.29, 1.82) is 0 Å². The summed E-state index contributed by atoms with van der Waals surface area (Å²) < 4.78 is 11.3. The van der Waals surface area contributed by atoms with Crippen molar-refractivity contribution in [2.45, 2.75) is 57.7 Å². The fourth-order valence-corrected chi connectivity index (χ4v) is 3.80. The molecule has 0 aromatic heterocycles. The van der Waals surface area contributed by atoms with E-state index in [1.54, 1.807) is 0 Å². The van der Waals surface area contributed by atoms with Crippen LogP contribution in [0.4, 0.5) is 4.79 Å². The molecule has 2 aliphatic heterocycles. The Hall–Kier alpha value is -1.81. The quantitative estimate of drug-likeness (QED) is 0.791. The van der Waals surface area contributed by atoms with Crippen molar-refractivity contribution >= 4 is 11.7 Å². The monoisotopic (exact) mass is 327 g/mol. The van der Waals surface area contributed by atoms with Crippen LogP contribution in [0.3, 0.4) is 0 Å². The lowest BCUT2D eigenvalue weighted by Gasteiger charge is -2.44. The summed E-state index contributed by atoms with van der Waals surface area (Å²) in [6.07, 6.45) is 5.19. The van der Waals surface area contributed by atoms with E-state index < -0.39 is 5.60 Å². The van der Waals surface area contributed by atoms with Gasteiger partial charge in [-0.15, -0.1) is 0 Å². The fourth-order valence-electron chi connectivity index (χ4n) is 3.80. The maximum atomic E-state index is 12.6. The lowest BCUT2D eigenvalue weighted by molar-refractivity contribution is -0.0510. The molecule has 0 spiro atoms. The number of fused-ring (bicyclic) bond motifs is 3. The number of carbonyl (C=O) groups is 1. The van der Waals surface area contributed by atoms with Gasteiger partial charge in [0.1, 0.15) is 5.60 Å². The van der Waals surface area contributed by atoms with Crippen molar-refractivity contribution in [3.05, 3.63) is 41.0 Å². The zero-order valence-electron chi connectivity index (χ0n) is 14.7. The predicted molar refractivity (Wildman–Crippen MR) is 92.9 cm³/mol. The molecule has 2 atom stereocenters. The van der Waals surface area contributed by atoms with Crippen LogP contribution in [0.25, 0.3) is 5.57 Å². The van der Waals surface area contributed by atoms with Crippen molar-refractivity contribution in [2.24, 2.45) is 0 Å². The van der Waals surface area contributed by atoms with Crippen LogP contribution in [0.5, 0.6) is 0 Å². The van der Waals surface area contributed by atoms with E-state index in [1.165, 1.54) is 35.1 Å². The highest BCUT2D eigenvalue weighted by atomic mass is 16.6. The smallest absolute Gasteiger partial charge is 0.411 e. The van der Waals surface area contributed by atoms with Gasteiger partial charge in [-0.1, -0.05) is 24.3 Å². The second-order valence-electron chi connectivity index (χ2n) is 8.03. The average Bonchev–Trinajstić information content (AvgIpc) is 2.45. The van der Waals surface area contributed by atoms with Gasteiger partial charge in [-0.2, -0.15) is 0 Å². The van der Waals surface area contributed by atoms with E-state index in [1.807, 2.05) is 25.7 Å². The number of morpholine rings is 1. The molecule has 2 bridgehead atoms. The Bertz CT molecular complexity index is 701. The molecule has 1 aromatic rings. The van der Waals surface area contributed by atoms with Gasteiger partial charge in [0, 0.05) is 0 Å². The molecule has 4 heteroatoms. The van der Waals surface area contributed by atoms with Crippen LogP contribution in [-0.2, 0) is 22.3 Å². The van der Waals surface area contributed by atoms with E-state index in [0.717, 1.165) is 6.42 Å². The number of nitrogens with zero attached hydrogens (tertiary/aromatic N) is 1. The summed E-state index contributed by atoms with van der Waals surface area (Å²) >= 11 is 0. The molecule has 4 rings (SSSR count). The minimum Gasteiger partial charge on any atom is -0.444 e. The first-order chi connectivity index (χ1) is 11.4. The zero-order valence-corrected chi connectivity index (χ0v) is 14.7. The van der Waals surface area contributed by atoms with E-state index in [2.05, 4.69) is 24.3 Å². The minimum absolute atomic E-state index is 0.0339. The lowest BCUT2D eigenvalue weighted by Crippen LogP contribution is -2.57. The molecule has 128 valence electrons. The topological polar surface area (TPSA) is 38.8 Å². The molecule has 2 unspecified atom stereocenters. The van der Waals surface area contributed by atoms with Gasteiger partial charge < -0.3 is 9.47 Å². The molecule has 1 fully saturated rings.